The summed E-state index contributed by atoms with van der Waals surface area (Å²) in [5, 5.41) is 18.9. The van der Waals surface area contributed by atoms with Gasteiger partial charge in [-0.15, -0.1) is 5.10 Å². The number of aromatic carboxylic acids is 1. The Bertz CT molecular complexity index is 686. The van der Waals surface area contributed by atoms with Gasteiger partial charge in [-0.25, -0.2) is 9.48 Å². The number of methoxy groups -OCH3 is 1. The molecular formula is C12H11ClN4O4. The number of ether oxygens (including phenoxy) is 1. The number of carbonyl (C=O) groups excluding carboxylic acids is 1. The smallest absolute Gasteiger partial charge is 0.355 e. The lowest BCUT2D eigenvalue weighted by molar-refractivity contribution is -0.117. The highest BCUT2D eigenvalue weighted by Gasteiger charge is 2.15. The van der Waals surface area contributed by atoms with Crippen molar-refractivity contribution >= 4 is 29.2 Å². The van der Waals surface area contributed by atoms with E-state index in [2.05, 4.69) is 15.6 Å². The topological polar surface area (TPSA) is 106 Å². The van der Waals surface area contributed by atoms with Crippen LogP contribution < -0.4 is 10.1 Å². The van der Waals surface area contributed by atoms with Crippen LogP contribution in [0.15, 0.2) is 24.4 Å². The predicted molar refractivity (Wildman–Crippen MR) is 73.6 cm³/mol. The Morgan fingerprint density at radius 1 is 1.48 bits per heavy atom. The Labute approximate surface area is 124 Å². The van der Waals surface area contributed by atoms with Gasteiger partial charge in [0, 0.05) is 5.02 Å². The number of carbonyl (C=O) groups is 2. The zero-order chi connectivity index (χ0) is 15.4. The second kappa shape index (κ2) is 6.23. The highest BCUT2D eigenvalue weighted by Crippen LogP contribution is 2.27. The number of rotatable bonds is 5. The number of carboxylic acids is 1. The van der Waals surface area contributed by atoms with E-state index < -0.39 is 11.9 Å². The van der Waals surface area contributed by atoms with E-state index in [9.17, 15) is 9.59 Å². The van der Waals surface area contributed by atoms with Crippen LogP contribution in [0.1, 0.15) is 10.5 Å². The SMILES string of the molecule is COc1ccc(Cl)cc1NC(=O)Cn1nncc1C(=O)O. The Hall–Kier alpha value is -2.61. The number of carboxylic acid groups (broad SMARTS) is 1. The summed E-state index contributed by atoms with van der Waals surface area (Å²) in [5.74, 6) is -1.26. The van der Waals surface area contributed by atoms with Gasteiger partial charge in [-0.2, -0.15) is 0 Å². The molecule has 0 atom stereocenters. The van der Waals surface area contributed by atoms with Crippen LogP contribution in [-0.4, -0.2) is 39.1 Å². The lowest BCUT2D eigenvalue weighted by atomic mass is 10.3. The number of hydrogen-bond donors (Lipinski definition) is 2. The van der Waals surface area contributed by atoms with Gasteiger partial charge in [0.25, 0.3) is 0 Å². The van der Waals surface area contributed by atoms with E-state index in [1.165, 1.54) is 13.2 Å². The van der Waals surface area contributed by atoms with E-state index in [-0.39, 0.29) is 12.2 Å². The van der Waals surface area contributed by atoms with Crippen LogP contribution in [0.2, 0.25) is 5.02 Å². The molecule has 2 aromatic rings. The first kappa shape index (κ1) is 14.8. The van der Waals surface area contributed by atoms with Crippen LogP contribution in [-0.2, 0) is 11.3 Å². The fourth-order valence-electron chi connectivity index (χ4n) is 1.64. The van der Waals surface area contributed by atoms with Gasteiger partial charge in [0.05, 0.1) is 19.0 Å². The Morgan fingerprint density at radius 2 is 2.24 bits per heavy atom. The first-order valence-corrected chi connectivity index (χ1v) is 6.14. The second-order valence-corrected chi connectivity index (χ2v) is 4.41. The molecule has 0 radical (unpaired) electrons. The quantitative estimate of drug-likeness (QED) is 0.861. The van der Waals surface area contributed by atoms with E-state index in [1.54, 1.807) is 12.1 Å². The number of halogens is 1. The first-order chi connectivity index (χ1) is 10.0. The minimum atomic E-state index is -1.21. The third-order valence-electron chi connectivity index (χ3n) is 2.57. The zero-order valence-corrected chi connectivity index (χ0v) is 11.7. The van der Waals surface area contributed by atoms with Crippen molar-refractivity contribution in [3.63, 3.8) is 0 Å². The van der Waals surface area contributed by atoms with Gasteiger partial charge in [0.15, 0.2) is 5.69 Å². The lowest BCUT2D eigenvalue weighted by Gasteiger charge is -2.10. The van der Waals surface area contributed by atoms with Gasteiger partial charge in [-0.3, -0.25) is 4.79 Å². The molecule has 0 aliphatic heterocycles. The summed E-state index contributed by atoms with van der Waals surface area (Å²) >= 11 is 5.85. The maximum Gasteiger partial charge on any atom is 0.355 e. The summed E-state index contributed by atoms with van der Waals surface area (Å²) in [5.41, 5.74) is 0.204. The maximum absolute atomic E-state index is 11.9. The molecule has 1 aromatic carbocycles. The van der Waals surface area contributed by atoms with Gasteiger partial charge in [-0.05, 0) is 18.2 Å². The average Bonchev–Trinajstić information content (AvgIpc) is 2.87. The zero-order valence-electron chi connectivity index (χ0n) is 10.9. The Kier molecular flexibility index (Phi) is 4.39. The predicted octanol–water partition coefficient (Wildman–Crippen LogP) is 1.28. The third-order valence-corrected chi connectivity index (χ3v) is 2.80. The summed E-state index contributed by atoms with van der Waals surface area (Å²) in [4.78, 5) is 22.8. The Morgan fingerprint density at radius 3 is 2.90 bits per heavy atom. The highest BCUT2D eigenvalue weighted by molar-refractivity contribution is 6.31. The second-order valence-electron chi connectivity index (χ2n) is 3.97. The van der Waals surface area contributed by atoms with E-state index >= 15 is 0 Å². The number of amides is 1. The number of nitrogens with one attached hydrogen (secondary N) is 1. The Balaban J connectivity index is 2.13. The normalized spacial score (nSPS) is 10.2. The molecule has 0 saturated heterocycles. The fraction of sp³-hybridized carbons (Fsp3) is 0.167. The molecular weight excluding hydrogens is 300 g/mol. The van der Waals surface area contributed by atoms with Crippen LogP contribution >= 0.6 is 11.6 Å². The van der Waals surface area contributed by atoms with E-state index in [1.807, 2.05) is 0 Å². The highest BCUT2D eigenvalue weighted by atomic mass is 35.5. The molecule has 110 valence electrons. The number of anilines is 1. The third kappa shape index (κ3) is 3.48. The molecule has 8 nitrogen and oxygen atoms in total. The molecule has 9 heteroatoms. The molecule has 0 bridgehead atoms. The van der Waals surface area contributed by atoms with Crippen LogP contribution in [0.3, 0.4) is 0 Å². The minimum absolute atomic E-state index is 0.178. The molecule has 0 saturated carbocycles. The van der Waals surface area contributed by atoms with Crippen molar-refractivity contribution in [2.45, 2.75) is 6.54 Å². The molecule has 0 aliphatic rings. The molecule has 1 amide bonds. The fourth-order valence-corrected chi connectivity index (χ4v) is 1.82. The number of benzene rings is 1. The largest absolute Gasteiger partial charge is 0.495 e. The summed E-state index contributed by atoms with van der Waals surface area (Å²) in [6.45, 7) is -0.294. The molecule has 1 heterocycles. The summed E-state index contributed by atoms with van der Waals surface area (Å²) in [7, 11) is 1.46. The number of nitrogens with zero attached hydrogens (tertiary/aromatic N) is 3. The first-order valence-electron chi connectivity index (χ1n) is 5.76. The summed E-state index contributed by atoms with van der Waals surface area (Å²) in [6.07, 6.45) is 1.07. The van der Waals surface area contributed by atoms with Crippen LogP contribution in [0, 0.1) is 0 Å². The van der Waals surface area contributed by atoms with Crippen LogP contribution in [0.5, 0.6) is 5.75 Å². The monoisotopic (exact) mass is 310 g/mol. The van der Waals surface area contributed by atoms with Crippen molar-refractivity contribution in [1.82, 2.24) is 15.0 Å². The molecule has 0 unspecified atom stereocenters. The number of aromatic nitrogens is 3. The van der Waals surface area contributed by atoms with Crippen molar-refractivity contribution in [2.75, 3.05) is 12.4 Å². The van der Waals surface area contributed by atoms with Gasteiger partial charge >= 0.3 is 5.97 Å². The standard InChI is InChI=1S/C12H11ClN4O4/c1-21-10-3-2-7(13)4-8(10)15-11(18)6-17-9(12(19)20)5-14-16-17/h2-5H,6H2,1H3,(H,15,18)(H,19,20). The van der Waals surface area contributed by atoms with Gasteiger partial charge in [0.2, 0.25) is 5.91 Å². The molecule has 0 aliphatic carbocycles. The molecule has 21 heavy (non-hydrogen) atoms. The molecule has 0 spiro atoms. The van der Waals surface area contributed by atoms with E-state index in [4.69, 9.17) is 21.4 Å². The van der Waals surface area contributed by atoms with Crippen molar-refractivity contribution in [2.24, 2.45) is 0 Å². The van der Waals surface area contributed by atoms with Gasteiger partial charge < -0.3 is 15.2 Å². The lowest BCUT2D eigenvalue weighted by Crippen LogP contribution is -2.22. The van der Waals surface area contributed by atoms with E-state index in [0.717, 1.165) is 10.9 Å². The van der Waals surface area contributed by atoms with Crippen molar-refractivity contribution in [3.05, 3.63) is 35.1 Å². The van der Waals surface area contributed by atoms with Crippen molar-refractivity contribution in [3.8, 4) is 5.75 Å². The summed E-state index contributed by atoms with van der Waals surface area (Å²) < 4.78 is 6.08. The molecule has 1 aromatic heterocycles. The van der Waals surface area contributed by atoms with Crippen LogP contribution in [0.25, 0.3) is 0 Å². The molecule has 2 rings (SSSR count). The van der Waals surface area contributed by atoms with Crippen molar-refractivity contribution in [1.29, 1.82) is 0 Å². The molecule has 2 N–H and O–H groups in total. The number of hydrogen-bond acceptors (Lipinski definition) is 5. The van der Waals surface area contributed by atoms with Gasteiger partial charge in [-0.1, -0.05) is 16.8 Å². The van der Waals surface area contributed by atoms with E-state index in [0.29, 0.717) is 16.5 Å². The minimum Gasteiger partial charge on any atom is -0.495 e. The van der Waals surface area contributed by atoms with Crippen LogP contribution in [0.4, 0.5) is 5.69 Å². The molecule has 0 fully saturated rings. The summed E-state index contributed by atoms with van der Waals surface area (Å²) in [6, 6.07) is 4.75. The van der Waals surface area contributed by atoms with Gasteiger partial charge in [0.1, 0.15) is 12.3 Å². The average molecular weight is 311 g/mol. The maximum atomic E-state index is 11.9. The van der Waals surface area contributed by atoms with Crippen molar-refractivity contribution < 1.29 is 19.4 Å².